The van der Waals surface area contributed by atoms with Gasteiger partial charge in [0.15, 0.2) is 0 Å². The molecular formula is C52H34N2OS. The summed E-state index contributed by atoms with van der Waals surface area (Å²) in [6.45, 7) is 0. The molecule has 2 aliphatic rings. The van der Waals surface area contributed by atoms with Crippen LogP contribution >= 0.6 is 11.3 Å². The summed E-state index contributed by atoms with van der Waals surface area (Å²) in [7, 11) is 0. The van der Waals surface area contributed by atoms with Crippen molar-refractivity contribution in [2.45, 2.75) is 12.5 Å². The summed E-state index contributed by atoms with van der Waals surface area (Å²) in [6.07, 6.45) is 5.76. The maximum Gasteiger partial charge on any atom is 0.138 e. The number of para-hydroxylation sites is 2. The highest BCUT2D eigenvalue weighted by Gasteiger charge is 2.40. The molecule has 0 spiro atoms. The van der Waals surface area contributed by atoms with Gasteiger partial charge in [0.25, 0.3) is 0 Å². The van der Waals surface area contributed by atoms with Crippen molar-refractivity contribution in [1.29, 1.82) is 0 Å². The van der Waals surface area contributed by atoms with Gasteiger partial charge >= 0.3 is 0 Å². The molecule has 0 radical (unpaired) electrons. The molecule has 1 unspecified atom stereocenters. The van der Waals surface area contributed by atoms with Gasteiger partial charge in [-0.05, 0) is 77.6 Å². The van der Waals surface area contributed by atoms with Crippen molar-refractivity contribution in [3.63, 3.8) is 0 Å². The molecule has 0 N–H and O–H groups in total. The molecule has 0 bridgehead atoms. The molecular weight excluding hydrogens is 701 g/mol. The van der Waals surface area contributed by atoms with Crippen LogP contribution in [-0.4, -0.2) is 6.04 Å². The van der Waals surface area contributed by atoms with Crippen LogP contribution in [0.25, 0.3) is 69.6 Å². The third-order valence-corrected chi connectivity index (χ3v) is 12.9. The molecule has 56 heavy (non-hydrogen) atoms. The van der Waals surface area contributed by atoms with Crippen LogP contribution in [0.15, 0.2) is 198 Å². The molecule has 1 aliphatic heterocycles. The van der Waals surface area contributed by atoms with Crippen molar-refractivity contribution in [3.05, 3.63) is 199 Å². The smallest absolute Gasteiger partial charge is 0.138 e. The molecule has 8 aromatic carbocycles. The van der Waals surface area contributed by atoms with Crippen LogP contribution in [0.4, 0.5) is 22.7 Å². The Labute approximate surface area is 328 Å². The molecule has 0 amide bonds. The van der Waals surface area contributed by atoms with E-state index in [4.69, 9.17) is 4.42 Å². The predicted molar refractivity (Wildman–Crippen MR) is 238 cm³/mol. The summed E-state index contributed by atoms with van der Waals surface area (Å²) < 4.78 is 9.35. The van der Waals surface area contributed by atoms with E-state index in [9.17, 15) is 0 Å². The zero-order valence-electron chi connectivity index (χ0n) is 30.4. The summed E-state index contributed by atoms with van der Waals surface area (Å²) in [5, 5.41) is 7.37. The second-order valence-corrected chi connectivity index (χ2v) is 15.9. The number of furan rings is 1. The number of fused-ring (bicyclic) bond motifs is 10. The standard InChI is InChI=1S/C52H34N2OS/c1-3-15-34(16-4-1)50-51-42-31-36(53(35-18-5-2-6-19-35)37-27-29-49-41(30-37)39-21-10-12-25-48(39)56-49)26-28-44(42)54(43-23-13-17-33-14-7-8-20-38(33)43)45(51)32-47-52(50)40-22-9-11-24-46(40)55-47/h1-27,29-32,44H,28H2. The van der Waals surface area contributed by atoms with Crippen LogP contribution in [-0.2, 0) is 0 Å². The van der Waals surface area contributed by atoms with E-state index in [1.807, 2.05) is 11.3 Å². The highest BCUT2D eigenvalue weighted by Crippen LogP contribution is 2.56. The number of nitrogens with zero attached hydrogens (tertiary/aromatic N) is 2. The number of rotatable bonds is 5. The van der Waals surface area contributed by atoms with Crippen LogP contribution < -0.4 is 9.80 Å². The average molecular weight is 735 g/mol. The summed E-state index contributed by atoms with van der Waals surface area (Å²) in [5.41, 5.74) is 12.6. The van der Waals surface area contributed by atoms with Crippen molar-refractivity contribution in [1.82, 2.24) is 0 Å². The molecule has 264 valence electrons. The number of allylic oxidation sites excluding steroid dienone is 1. The highest BCUT2D eigenvalue weighted by atomic mass is 32.1. The third-order valence-electron chi connectivity index (χ3n) is 11.7. The maximum atomic E-state index is 6.73. The highest BCUT2D eigenvalue weighted by molar-refractivity contribution is 7.25. The molecule has 0 fully saturated rings. The molecule has 0 saturated heterocycles. The van der Waals surface area contributed by atoms with Gasteiger partial charge in [-0.1, -0.05) is 127 Å². The van der Waals surface area contributed by atoms with Gasteiger partial charge in [-0.25, -0.2) is 0 Å². The number of benzene rings is 8. The molecule has 12 rings (SSSR count). The first-order valence-corrected chi connectivity index (χ1v) is 20.1. The van der Waals surface area contributed by atoms with E-state index in [2.05, 4.69) is 198 Å². The number of hydrogen-bond acceptors (Lipinski definition) is 4. The van der Waals surface area contributed by atoms with Crippen LogP contribution in [0.5, 0.6) is 0 Å². The molecule has 1 atom stereocenters. The minimum atomic E-state index is 0.0840. The Morgan fingerprint density at radius 2 is 1.25 bits per heavy atom. The van der Waals surface area contributed by atoms with Crippen LogP contribution in [0.1, 0.15) is 12.0 Å². The summed E-state index contributed by atoms with van der Waals surface area (Å²) >= 11 is 1.86. The first kappa shape index (κ1) is 31.5. The molecule has 3 nitrogen and oxygen atoms in total. The van der Waals surface area contributed by atoms with Gasteiger partial charge in [0, 0.05) is 76.3 Å². The van der Waals surface area contributed by atoms with E-state index in [0.717, 1.165) is 39.7 Å². The quantitative estimate of drug-likeness (QED) is 0.176. The molecule has 1 aliphatic carbocycles. The fourth-order valence-electron chi connectivity index (χ4n) is 9.32. The van der Waals surface area contributed by atoms with Crippen molar-refractivity contribution in [2.75, 3.05) is 9.80 Å². The monoisotopic (exact) mass is 734 g/mol. The lowest BCUT2D eigenvalue weighted by atomic mass is 9.86. The second kappa shape index (κ2) is 12.3. The number of thiophene rings is 1. The average Bonchev–Trinajstić information content (AvgIpc) is 3.92. The van der Waals surface area contributed by atoms with Crippen LogP contribution in [0.2, 0.25) is 0 Å². The SMILES string of the molecule is C1=C2c3c(cc4oc5ccccc5c4c3-c3ccccc3)N(c3cccc4ccccc34)C2CC=C1N(c1ccccc1)c1ccc2sc3ccccc3c2c1. The Kier molecular flexibility index (Phi) is 6.92. The van der Waals surface area contributed by atoms with Crippen molar-refractivity contribution in [2.24, 2.45) is 0 Å². The normalized spacial score (nSPS) is 15.1. The van der Waals surface area contributed by atoms with Gasteiger partial charge in [0.1, 0.15) is 11.2 Å². The molecule has 0 saturated carbocycles. The Balaban J connectivity index is 1.14. The Hall–Kier alpha value is -6.88. The number of hydrogen-bond donors (Lipinski definition) is 0. The predicted octanol–water partition coefficient (Wildman–Crippen LogP) is 14.8. The fraction of sp³-hybridized carbons (Fsp3) is 0.0385. The van der Waals surface area contributed by atoms with Gasteiger partial charge in [0.05, 0.1) is 11.7 Å². The van der Waals surface area contributed by atoms with E-state index in [1.165, 1.54) is 70.3 Å². The van der Waals surface area contributed by atoms with Gasteiger partial charge in [-0.15, -0.1) is 11.3 Å². The number of anilines is 4. The topological polar surface area (TPSA) is 19.6 Å². The third kappa shape index (κ3) is 4.69. The van der Waals surface area contributed by atoms with Crippen molar-refractivity contribution >= 4 is 92.5 Å². The fourth-order valence-corrected chi connectivity index (χ4v) is 10.4. The molecule has 4 heteroatoms. The van der Waals surface area contributed by atoms with Crippen LogP contribution in [0, 0.1) is 0 Å². The largest absolute Gasteiger partial charge is 0.456 e. The lowest BCUT2D eigenvalue weighted by Gasteiger charge is -2.33. The molecule has 10 aromatic rings. The van der Waals surface area contributed by atoms with Gasteiger partial charge in [-0.2, -0.15) is 0 Å². The van der Waals surface area contributed by atoms with Crippen LogP contribution in [0.3, 0.4) is 0 Å². The van der Waals surface area contributed by atoms with E-state index < -0.39 is 0 Å². The zero-order valence-corrected chi connectivity index (χ0v) is 31.2. The van der Waals surface area contributed by atoms with Crippen molar-refractivity contribution < 1.29 is 4.42 Å². The first-order valence-electron chi connectivity index (χ1n) is 19.3. The minimum absolute atomic E-state index is 0.0840. The summed E-state index contributed by atoms with van der Waals surface area (Å²) in [5.74, 6) is 0. The molecule has 2 aromatic heterocycles. The van der Waals surface area contributed by atoms with Gasteiger partial charge in [-0.3, -0.25) is 0 Å². The Morgan fingerprint density at radius 1 is 0.536 bits per heavy atom. The Morgan fingerprint density at radius 3 is 2.12 bits per heavy atom. The Bertz CT molecular complexity index is 3240. The maximum absolute atomic E-state index is 6.73. The van der Waals surface area contributed by atoms with E-state index in [-0.39, 0.29) is 6.04 Å². The molecule has 3 heterocycles. The summed E-state index contributed by atoms with van der Waals surface area (Å²) in [6, 6.07) is 63.8. The van der Waals surface area contributed by atoms with Gasteiger partial charge in [0.2, 0.25) is 0 Å². The lowest BCUT2D eigenvalue weighted by molar-refractivity contribution is 0.669. The van der Waals surface area contributed by atoms with E-state index in [1.54, 1.807) is 0 Å². The van der Waals surface area contributed by atoms with Crippen molar-refractivity contribution in [3.8, 4) is 11.1 Å². The second-order valence-electron chi connectivity index (χ2n) is 14.8. The van der Waals surface area contributed by atoms with E-state index >= 15 is 0 Å². The summed E-state index contributed by atoms with van der Waals surface area (Å²) in [4.78, 5) is 5.04. The lowest BCUT2D eigenvalue weighted by Crippen LogP contribution is -2.29. The minimum Gasteiger partial charge on any atom is -0.456 e. The van der Waals surface area contributed by atoms with E-state index in [0.29, 0.717) is 0 Å². The zero-order chi connectivity index (χ0) is 36.7. The van der Waals surface area contributed by atoms with Gasteiger partial charge < -0.3 is 14.2 Å². The first-order chi connectivity index (χ1) is 27.8.